The summed E-state index contributed by atoms with van der Waals surface area (Å²) in [5.41, 5.74) is 11.0. The van der Waals surface area contributed by atoms with E-state index in [-0.39, 0.29) is 0 Å². The first-order valence-corrected chi connectivity index (χ1v) is 16.6. The van der Waals surface area contributed by atoms with Gasteiger partial charge in [0.05, 0.1) is 62.9 Å². The third-order valence-corrected chi connectivity index (χ3v) is 10.1. The van der Waals surface area contributed by atoms with Crippen LogP contribution in [0.1, 0.15) is 11.1 Å². The van der Waals surface area contributed by atoms with Crippen molar-refractivity contribution in [2.45, 2.75) is 0 Å². The quantitative estimate of drug-likeness (QED) is 0.179. The van der Waals surface area contributed by atoms with Crippen LogP contribution in [0.3, 0.4) is 0 Å². The Morgan fingerprint density at radius 3 is 1.59 bits per heavy atom. The van der Waals surface area contributed by atoms with Gasteiger partial charge < -0.3 is 13.7 Å². The van der Waals surface area contributed by atoms with Crippen LogP contribution in [0.25, 0.3) is 87.3 Å². The Labute approximate surface area is 291 Å². The number of benzene rings is 7. The summed E-state index contributed by atoms with van der Waals surface area (Å²) in [5.74, 6) is 0. The zero-order valence-electron chi connectivity index (χ0n) is 27.0. The van der Waals surface area contributed by atoms with Gasteiger partial charge in [0.25, 0.3) is 0 Å². The predicted molar refractivity (Wildman–Crippen MR) is 205 cm³/mol. The molecule has 6 nitrogen and oxygen atoms in total. The number of nitriles is 2. The molecule has 0 fully saturated rings. The summed E-state index contributed by atoms with van der Waals surface area (Å²) >= 11 is 0. The van der Waals surface area contributed by atoms with Crippen LogP contribution in [0, 0.1) is 29.2 Å². The number of para-hydroxylation sites is 2. The van der Waals surface area contributed by atoms with Crippen molar-refractivity contribution in [1.82, 2.24) is 13.7 Å². The van der Waals surface area contributed by atoms with E-state index < -0.39 is 0 Å². The summed E-state index contributed by atoms with van der Waals surface area (Å²) in [6, 6.07) is 53.9. The molecule has 0 amide bonds. The monoisotopic (exact) mass is 648 g/mol. The Morgan fingerprint density at radius 2 is 0.922 bits per heavy atom. The Hall–Kier alpha value is -7.59. The lowest BCUT2D eigenvalue weighted by Crippen LogP contribution is -2.00. The van der Waals surface area contributed by atoms with Crippen molar-refractivity contribution >= 4 is 71.1 Å². The molecule has 0 bridgehead atoms. The van der Waals surface area contributed by atoms with E-state index in [1.165, 1.54) is 0 Å². The van der Waals surface area contributed by atoms with Crippen molar-refractivity contribution in [2.24, 2.45) is 0 Å². The summed E-state index contributed by atoms with van der Waals surface area (Å²) in [6.07, 6.45) is 0. The minimum absolute atomic E-state index is 0.573. The molecule has 3 aromatic heterocycles. The molecular weight excluding hydrogens is 625 g/mol. The van der Waals surface area contributed by atoms with Crippen molar-refractivity contribution < 1.29 is 0 Å². The molecule has 0 atom stereocenters. The molecule has 0 saturated heterocycles. The lowest BCUT2D eigenvalue weighted by atomic mass is 10.1. The van der Waals surface area contributed by atoms with Gasteiger partial charge in [0, 0.05) is 44.0 Å². The first-order chi connectivity index (χ1) is 25.2. The predicted octanol–water partition coefficient (Wildman–Crippen LogP) is 11.3. The molecule has 0 saturated carbocycles. The molecule has 0 aliphatic carbocycles. The molecule has 0 aliphatic heterocycles. The number of hydrogen-bond donors (Lipinski definition) is 0. The van der Waals surface area contributed by atoms with Crippen LogP contribution >= 0.6 is 0 Å². The van der Waals surface area contributed by atoms with Gasteiger partial charge in [0.1, 0.15) is 0 Å². The van der Waals surface area contributed by atoms with Gasteiger partial charge in [-0.3, -0.25) is 0 Å². The maximum Gasteiger partial charge on any atom is 0.188 e. The molecule has 0 N–H and O–H groups in total. The molecule has 0 spiro atoms. The summed E-state index contributed by atoms with van der Waals surface area (Å²) < 4.78 is 6.90. The molecule has 6 heteroatoms. The average Bonchev–Trinajstić information content (AvgIpc) is 3.83. The minimum Gasteiger partial charge on any atom is -0.309 e. The molecule has 10 aromatic rings. The van der Waals surface area contributed by atoms with Gasteiger partial charge in [-0.25, -0.2) is 4.85 Å². The van der Waals surface area contributed by atoms with Gasteiger partial charge in [-0.1, -0.05) is 60.7 Å². The molecular formula is C45H24N6. The van der Waals surface area contributed by atoms with Crippen molar-refractivity contribution in [3.05, 3.63) is 168 Å². The molecule has 234 valence electrons. The maximum absolute atomic E-state index is 9.72. The largest absolute Gasteiger partial charge is 0.309 e. The van der Waals surface area contributed by atoms with E-state index in [0.717, 1.165) is 82.5 Å². The van der Waals surface area contributed by atoms with Crippen molar-refractivity contribution in [3.8, 4) is 29.2 Å². The second kappa shape index (κ2) is 10.7. The third-order valence-electron chi connectivity index (χ3n) is 10.1. The van der Waals surface area contributed by atoms with Crippen molar-refractivity contribution in [3.63, 3.8) is 0 Å². The van der Waals surface area contributed by atoms with Crippen molar-refractivity contribution in [1.29, 1.82) is 10.5 Å². The second-order valence-electron chi connectivity index (χ2n) is 12.7. The van der Waals surface area contributed by atoms with E-state index >= 15 is 0 Å². The first kappa shape index (κ1) is 28.4. The molecule has 7 aromatic carbocycles. The standard InChI is InChI=1S/C45H24N6/c1-48-30-16-21-43-39(24-30)36-18-17-35-34-12-5-6-13-40(34)51(44(35)45(36)50(43)31-8-3-2-4-9-31)33-11-7-10-32(25-33)49-41-19-14-28(26-46)22-37(41)38-23-29(27-47)15-20-42(38)49/h2-25H. The lowest BCUT2D eigenvalue weighted by Gasteiger charge is -2.14. The van der Waals surface area contributed by atoms with Gasteiger partial charge in [-0.2, -0.15) is 10.5 Å². The molecule has 0 aliphatic rings. The number of fused-ring (bicyclic) bond motifs is 10. The Bertz CT molecular complexity index is 3150. The summed E-state index contributed by atoms with van der Waals surface area (Å²) in [4.78, 5) is 3.77. The van der Waals surface area contributed by atoms with Crippen LogP contribution < -0.4 is 0 Å². The normalized spacial score (nSPS) is 11.5. The maximum atomic E-state index is 9.72. The van der Waals surface area contributed by atoms with Gasteiger partial charge in [-0.05, 0) is 90.3 Å². The van der Waals surface area contributed by atoms with Gasteiger partial charge >= 0.3 is 0 Å². The van der Waals surface area contributed by atoms with E-state index in [4.69, 9.17) is 6.57 Å². The molecule has 3 heterocycles. The molecule has 0 radical (unpaired) electrons. The zero-order valence-corrected chi connectivity index (χ0v) is 27.0. The summed E-state index contributed by atoms with van der Waals surface area (Å²) in [5, 5.41) is 25.7. The van der Waals surface area contributed by atoms with E-state index in [1.54, 1.807) is 0 Å². The number of hydrogen-bond acceptors (Lipinski definition) is 2. The van der Waals surface area contributed by atoms with Gasteiger partial charge in [0.15, 0.2) is 5.69 Å². The average molecular weight is 649 g/mol. The van der Waals surface area contributed by atoms with Crippen LogP contribution in [0.4, 0.5) is 5.69 Å². The van der Waals surface area contributed by atoms with Crippen LogP contribution in [0.2, 0.25) is 0 Å². The number of nitrogens with zero attached hydrogens (tertiary/aromatic N) is 6. The lowest BCUT2D eigenvalue weighted by molar-refractivity contribution is 1.12. The van der Waals surface area contributed by atoms with E-state index in [9.17, 15) is 10.5 Å². The zero-order chi connectivity index (χ0) is 34.2. The topological polar surface area (TPSA) is 66.7 Å². The van der Waals surface area contributed by atoms with Crippen LogP contribution in [0.5, 0.6) is 0 Å². The van der Waals surface area contributed by atoms with E-state index in [2.05, 4.69) is 122 Å². The highest BCUT2D eigenvalue weighted by molar-refractivity contribution is 6.24. The third kappa shape index (κ3) is 4.01. The van der Waals surface area contributed by atoms with E-state index in [0.29, 0.717) is 16.8 Å². The summed E-state index contributed by atoms with van der Waals surface area (Å²) in [6.45, 7) is 7.75. The van der Waals surface area contributed by atoms with E-state index in [1.807, 2.05) is 54.6 Å². The fraction of sp³-hybridized carbons (Fsp3) is 0. The fourth-order valence-corrected chi connectivity index (χ4v) is 7.93. The van der Waals surface area contributed by atoms with Crippen molar-refractivity contribution in [2.75, 3.05) is 0 Å². The Kier molecular flexibility index (Phi) is 5.97. The molecule has 51 heavy (non-hydrogen) atoms. The molecule has 10 rings (SSSR count). The highest BCUT2D eigenvalue weighted by atomic mass is 15.1. The first-order valence-electron chi connectivity index (χ1n) is 16.6. The second-order valence-corrected chi connectivity index (χ2v) is 12.7. The SMILES string of the molecule is [C-]#[N+]c1ccc2c(c1)c1ccc3c4ccccc4n(-c4cccc(-n5c6ccc(C#N)cc6c6cc(C#N)ccc65)c4)c3c1n2-c1ccccc1. The fourth-order valence-electron chi connectivity index (χ4n) is 7.93. The Balaban J connectivity index is 1.33. The van der Waals surface area contributed by atoms with Crippen LogP contribution in [0.15, 0.2) is 146 Å². The highest BCUT2D eigenvalue weighted by Gasteiger charge is 2.22. The Morgan fingerprint density at radius 1 is 0.412 bits per heavy atom. The summed E-state index contributed by atoms with van der Waals surface area (Å²) in [7, 11) is 0. The highest BCUT2D eigenvalue weighted by Crippen LogP contribution is 2.43. The minimum atomic E-state index is 0.573. The van der Waals surface area contributed by atoms with Crippen LogP contribution in [-0.2, 0) is 0 Å². The molecule has 0 unspecified atom stereocenters. The van der Waals surface area contributed by atoms with Gasteiger partial charge in [-0.15, -0.1) is 0 Å². The number of aromatic nitrogens is 3. The van der Waals surface area contributed by atoms with Crippen LogP contribution in [-0.4, -0.2) is 13.7 Å². The van der Waals surface area contributed by atoms with Gasteiger partial charge in [0.2, 0.25) is 0 Å². The number of rotatable bonds is 3. The smallest absolute Gasteiger partial charge is 0.188 e.